The van der Waals surface area contributed by atoms with Gasteiger partial charge in [0.1, 0.15) is 0 Å². The third kappa shape index (κ3) is 4.40. The SMILES string of the molecule is C#CCCC(O)C(=O)OCC. The van der Waals surface area contributed by atoms with Gasteiger partial charge >= 0.3 is 5.97 Å². The van der Waals surface area contributed by atoms with E-state index in [1.54, 1.807) is 6.92 Å². The molecule has 1 N–H and O–H groups in total. The monoisotopic (exact) mass is 156 g/mol. The number of hydrogen-bond acceptors (Lipinski definition) is 3. The summed E-state index contributed by atoms with van der Waals surface area (Å²) in [5.74, 6) is 1.73. The number of carbonyl (C=O) groups excluding carboxylic acids is 1. The van der Waals surface area contributed by atoms with Crippen LogP contribution in [0.1, 0.15) is 19.8 Å². The molecule has 0 aliphatic rings. The molecule has 0 fully saturated rings. The van der Waals surface area contributed by atoms with E-state index >= 15 is 0 Å². The lowest BCUT2D eigenvalue weighted by molar-refractivity contribution is -0.153. The number of rotatable bonds is 4. The number of ether oxygens (including phenoxy) is 1. The fourth-order valence-corrected chi connectivity index (χ4v) is 0.576. The van der Waals surface area contributed by atoms with Crippen LogP contribution in [0.2, 0.25) is 0 Å². The van der Waals surface area contributed by atoms with Crippen LogP contribution in [0.5, 0.6) is 0 Å². The fourth-order valence-electron chi connectivity index (χ4n) is 0.576. The molecule has 0 aliphatic carbocycles. The van der Waals surface area contributed by atoms with E-state index in [0.717, 1.165) is 0 Å². The lowest BCUT2D eigenvalue weighted by Gasteiger charge is -2.06. The van der Waals surface area contributed by atoms with Gasteiger partial charge < -0.3 is 9.84 Å². The third-order valence-electron chi connectivity index (χ3n) is 1.12. The summed E-state index contributed by atoms with van der Waals surface area (Å²) >= 11 is 0. The Kier molecular flexibility index (Phi) is 5.22. The molecule has 0 heterocycles. The van der Waals surface area contributed by atoms with Gasteiger partial charge in [-0.05, 0) is 13.3 Å². The predicted molar refractivity (Wildman–Crippen MR) is 40.7 cm³/mol. The first-order chi connectivity index (χ1) is 5.22. The molecule has 0 aliphatic heterocycles. The van der Waals surface area contributed by atoms with Crippen molar-refractivity contribution in [2.24, 2.45) is 0 Å². The van der Waals surface area contributed by atoms with Crippen molar-refractivity contribution in [3.05, 3.63) is 0 Å². The second-order valence-electron chi connectivity index (χ2n) is 2.01. The molecule has 3 nitrogen and oxygen atoms in total. The molecular weight excluding hydrogens is 144 g/mol. The lowest BCUT2D eigenvalue weighted by atomic mass is 10.2. The van der Waals surface area contributed by atoms with Crippen LogP contribution in [0.25, 0.3) is 0 Å². The van der Waals surface area contributed by atoms with Gasteiger partial charge in [0, 0.05) is 6.42 Å². The van der Waals surface area contributed by atoms with Gasteiger partial charge in [0.25, 0.3) is 0 Å². The molecule has 0 aromatic carbocycles. The standard InChI is InChI=1S/C8H12O3/c1-3-5-6-7(9)8(10)11-4-2/h1,7,9H,4-6H2,2H3. The third-order valence-corrected chi connectivity index (χ3v) is 1.12. The Balaban J connectivity index is 3.57. The highest BCUT2D eigenvalue weighted by Gasteiger charge is 2.14. The van der Waals surface area contributed by atoms with Crippen molar-refractivity contribution in [1.82, 2.24) is 0 Å². The minimum absolute atomic E-state index is 0.273. The number of aliphatic hydroxyl groups is 1. The van der Waals surface area contributed by atoms with Gasteiger partial charge in [0.2, 0.25) is 0 Å². The molecule has 0 rings (SSSR count). The quantitative estimate of drug-likeness (QED) is 0.471. The van der Waals surface area contributed by atoms with E-state index < -0.39 is 12.1 Å². The van der Waals surface area contributed by atoms with Crippen LogP contribution >= 0.6 is 0 Å². The first-order valence-electron chi connectivity index (χ1n) is 3.50. The Labute approximate surface area is 66.4 Å². The van der Waals surface area contributed by atoms with Gasteiger partial charge in [-0.3, -0.25) is 0 Å². The smallest absolute Gasteiger partial charge is 0.334 e. The number of esters is 1. The van der Waals surface area contributed by atoms with Gasteiger partial charge in [-0.1, -0.05) is 0 Å². The molecule has 0 radical (unpaired) electrons. The van der Waals surface area contributed by atoms with E-state index in [9.17, 15) is 4.79 Å². The summed E-state index contributed by atoms with van der Waals surface area (Å²) in [6.07, 6.45) is 4.54. The number of hydrogen-bond donors (Lipinski definition) is 1. The Morgan fingerprint density at radius 2 is 2.45 bits per heavy atom. The summed E-state index contributed by atoms with van der Waals surface area (Å²) in [6, 6.07) is 0. The van der Waals surface area contributed by atoms with Gasteiger partial charge in [-0.2, -0.15) is 0 Å². The highest BCUT2D eigenvalue weighted by atomic mass is 16.5. The van der Waals surface area contributed by atoms with Gasteiger partial charge in [-0.15, -0.1) is 12.3 Å². The molecule has 11 heavy (non-hydrogen) atoms. The van der Waals surface area contributed by atoms with Crippen LogP contribution in [0.4, 0.5) is 0 Å². The van der Waals surface area contributed by atoms with Crippen LogP contribution < -0.4 is 0 Å². The van der Waals surface area contributed by atoms with Crippen molar-refractivity contribution >= 4 is 5.97 Å². The molecule has 62 valence electrons. The number of terminal acetylenes is 1. The molecule has 0 amide bonds. The zero-order valence-corrected chi connectivity index (χ0v) is 6.54. The Hall–Kier alpha value is -1.01. The Morgan fingerprint density at radius 1 is 1.82 bits per heavy atom. The van der Waals surface area contributed by atoms with E-state index in [1.807, 2.05) is 0 Å². The second-order valence-corrected chi connectivity index (χ2v) is 2.01. The maximum Gasteiger partial charge on any atom is 0.334 e. The van der Waals surface area contributed by atoms with Crippen molar-refractivity contribution in [2.45, 2.75) is 25.9 Å². The van der Waals surface area contributed by atoms with Gasteiger partial charge in [-0.25, -0.2) is 4.79 Å². The lowest BCUT2D eigenvalue weighted by Crippen LogP contribution is -2.22. The summed E-state index contributed by atoms with van der Waals surface area (Å²) < 4.78 is 4.54. The van der Waals surface area contributed by atoms with E-state index in [4.69, 9.17) is 11.5 Å². The van der Waals surface area contributed by atoms with Crippen molar-refractivity contribution in [2.75, 3.05) is 6.61 Å². The van der Waals surface area contributed by atoms with Crippen LogP contribution in [-0.2, 0) is 9.53 Å². The fraction of sp³-hybridized carbons (Fsp3) is 0.625. The van der Waals surface area contributed by atoms with Crippen molar-refractivity contribution in [3.63, 3.8) is 0 Å². The summed E-state index contributed by atoms with van der Waals surface area (Å²) in [7, 11) is 0. The molecule has 1 atom stereocenters. The molecule has 0 saturated carbocycles. The molecule has 0 aromatic rings. The molecule has 0 spiro atoms. The van der Waals surface area contributed by atoms with Crippen LogP contribution in [0.3, 0.4) is 0 Å². The first-order valence-corrected chi connectivity index (χ1v) is 3.50. The second kappa shape index (κ2) is 5.75. The topological polar surface area (TPSA) is 46.5 Å². The van der Waals surface area contributed by atoms with Crippen LogP contribution in [0.15, 0.2) is 0 Å². The maximum atomic E-state index is 10.7. The summed E-state index contributed by atoms with van der Waals surface area (Å²) in [4.78, 5) is 10.7. The Morgan fingerprint density at radius 3 is 2.91 bits per heavy atom. The highest BCUT2D eigenvalue weighted by Crippen LogP contribution is 1.97. The minimum atomic E-state index is -1.06. The predicted octanol–water partition coefficient (Wildman–Crippen LogP) is 0.324. The molecule has 0 bridgehead atoms. The summed E-state index contributed by atoms with van der Waals surface area (Å²) in [6.45, 7) is 1.97. The molecule has 0 aromatic heterocycles. The van der Waals surface area contributed by atoms with E-state index in [-0.39, 0.29) is 13.0 Å². The maximum absolute atomic E-state index is 10.7. The number of carbonyl (C=O) groups is 1. The summed E-state index contributed by atoms with van der Waals surface area (Å²) in [5, 5.41) is 9.01. The molecule has 3 heteroatoms. The first kappa shape index (κ1) is 9.99. The highest BCUT2D eigenvalue weighted by molar-refractivity contribution is 5.74. The normalized spacial score (nSPS) is 11.7. The average molecular weight is 156 g/mol. The number of aliphatic hydroxyl groups excluding tert-OH is 1. The van der Waals surface area contributed by atoms with Crippen molar-refractivity contribution in [1.29, 1.82) is 0 Å². The van der Waals surface area contributed by atoms with E-state index in [2.05, 4.69) is 10.7 Å². The average Bonchev–Trinajstić information content (AvgIpc) is 2.00. The van der Waals surface area contributed by atoms with Crippen molar-refractivity contribution in [3.8, 4) is 12.3 Å². The minimum Gasteiger partial charge on any atom is -0.464 e. The zero-order chi connectivity index (χ0) is 8.69. The summed E-state index contributed by atoms with van der Waals surface area (Å²) in [5.41, 5.74) is 0. The van der Waals surface area contributed by atoms with Gasteiger partial charge in [0.05, 0.1) is 6.61 Å². The Bertz CT molecular complexity index is 157. The van der Waals surface area contributed by atoms with Crippen LogP contribution in [-0.4, -0.2) is 23.8 Å². The zero-order valence-electron chi connectivity index (χ0n) is 6.54. The van der Waals surface area contributed by atoms with E-state index in [1.165, 1.54) is 0 Å². The van der Waals surface area contributed by atoms with Gasteiger partial charge in [0.15, 0.2) is 6.10 Å². The largest absolute Gasteiger partial charge is 0.464 e. The van der Waals surface area contributed by atoms with E-state index in [0.29, 0.717) is 6.42 Å². The van der Waals surface area contributed by atoms with Crippen molar-refractivity contribution < 1.29 is 14.6 Å². The molecule has 0 saturated heterocycles. The van der Waals surface area contributed by atoms with Crippen LogP contribution in [0, 0.1) is 12.3 Å². The molecular formula is C8H12O3. The molecule has 1 unspecified atom stereocenters.